The van der Waals surface area contributed by atoms with E-state index in [0.29, 0.717) is 5.56 Å². The normalized spacial score (nSPS) is 10.5. The van der Waals surface area contributed by atoms with Crippen molar-refractivity contribution in [3.63, 3.8) is 0 Å². The second kappa shape index (κ2) is 10.5. The van der Waals surface area contributed by atoms with Gasteiger partial charge in [-0.3, -0.25) is 35.1 Å². The smallest absolute Gasteiger partial charge is 0.318 e. The molecule has 0 bridgehead atoms. The average molecular weight is 481 g/mol. The minimum absolute atomic E-state index is 0.0766. The molecule has 1 amide bonds. The molecule has 0 aromatic heterocycles. The number of hydrazone groups is 1. The lowest BCUT2D eigenvalue weighted by atomic mass is 10.1. The SMILES string of the molecule is COc1ccc([N+](=O)[O-])cc1C(=O)NN=Cc1ccc(Oc2ccc([N+](=O)[O-])cc2[N+](=O)[O-])cc1. The van der Waals surface area contributed by atoms with Gasteiger partial charge in [0.25, 0.3) is 17.3 Å². The first-order chi connectivity index (χ1) is 16.7. The molecular weight excluding hydrogens is 466 g/mol. The van der Waals surface area contributed by atoms with Crippen molar-refractivity contribution < 1.29 is 29.0 Å². The molecule has 3 aromatic rings. The Morgan fingerprint density at radius 1 is 0.857 bits per heavy atom. The number of nitrogens with one attached hydrogen (secondary N) is 1. The van der Waals surface area contributed by atoms with Gasteiger partial charge in [-0.2, -0.15) is 5.10 Å². The van der Waals surface area contributed by atoms with Crippen molar-refractivity contribution in [2.24, 2.45) is 5.10 Å². The second-order valence-corrected chi connectivity index (χ2v) is 6.68. The summed E-state index contributed by atoms with van der Waals surface area (Å²) in [5, 5.41) is 36.8. The summed E-state index contributed by atoms with van der Waals surface area (Å²) in [6.45, 7) is 0. The van der Waals surface area contributed by atoms with Crippen molar-refractivity contribution >= 4 is 29.2 Å². The summed E-state index contributed by atoms with van der Waals surface area (Å²) < 4.78 is 10.5. The number of nitro groups is 3. The fraction of sp³-hybridized carbons (Fsp3) is 0.0476. The first-order valence-electron chi connectivity index (χ1n) is 9.56. The van der Waals surface area contributed by atoms with Crippen molar-refractivity contribution in [2.75, 3.05) is 7.11 Å². The molecule has 0 aliphatic heterocycles. The van der Waals surface area contributed by atoms with E-state index >= 15 is 0 Å². The molecule has 3 rings (SSSR count). The van der Waals surface area contributed by atoms with E-state index in [4.69, 9.17) is 9.47 Å². The number of amides is 1. The summed E-state index contributed by atoms with van der Waals surface area (Å²) in [6, 6.07) is 12.6. The zero-order valence-electron chi connectivity index (χ0n) is 17.8. The van der Waals surface area contributed by atoms with Crippen molar-refractivity contribution in [1.29, 1.82) is 0 Å². The van der Waals surface area contributed by atoms with Gasteiger partial charge in [-0.05, 0) is 42.0 Å². The summed E-state index contributed by atoms with van der Waals surface area (Å²) in [7, 11) is 1.32. The van der Waals surface area contributed by atoms with E-state index in [1.54, 1.807) is 0 Å². The Kier molecular flexibility index (Phi) is 7.26. The van der Waals surface area contributed by atoms with Gasteiger partial charge in [0.05, 0.1) is 39.7 Å². The van der Waals surface area contributed by atoms with Gasteiger partial charge >= 0.3 is 5.69 Å². The van der Waals surface area contributed by atoms with E-state index in [1.807, 2.05) is 0 Å². The lowest BCUT2D eigenvalue weighted by Gasteiger charge is -2.07. The summed E-state index contributed by atoms with van der Waals surface area (Å²) >= 11 is 0. The summed E-state index contributed by atoms with van der Waals surface area (Å²) in [5.41, 5.74) is 1.38. The van der Waals surface area contributed by atoms with Crippen LogP contribution in [-0.2, 0) is 0 Å². The van der Waals surface area contributed by atoms with Crippen molar-refractivity contribution in [3.8, 4) is 17.2 Å². The lowest BCUT2D eigenvalue weighted by molar-refractivity contribution is -0.394. The van der Waals surface area contributed by atoms with Gasteiger partial charge in [0.15, 0.2) is 0 Å². The first kappa shape index (κ1) is 24.2. The molecule has 35 heavy (non-hydrogen) atoms. The molecule has 0 aliphatic rings. The molecule has 0 fully saturated rings. The topological polar surface area (TPSA) is 189 Å². The fourth-order valence-electron chi connectivity index (χ4n) is 2.81. The maximum atomic E-state index is 12.4. The van der Waals surface area contributed by atoms with Gasteiger partial charge in [-0.15, -0.1) is 0 Å². The number of ether oxygens (including phenoxy) is 2. The molecule has 0 saturated heterocycles. The Morgan fingerprint density at radius 3 is 2.03 bits per heavy atom. The summed E-state index contributed by atoms with van der Waals surface area (Å²) in [5.74, 6) is -0.568. The van der Waals surface area contributed by atoms with Gasteiger partial charge in [-0.25, -0.2) is 5.43 Å². The minimum Gasteiger partial charge on any atom is -0.496 e. The molecule has 1 N–H and O–H groups in total. The molecule has 0 saturated carbocycles. The Balaban J connectivity index is 1.70. The van der Waals surface area contributed by atoms with Crippen LogP contribution in [-0.4, -0.2) is 34.0 Å². The minimum atomic E-state index is -0.789. The van der Waals surface area contributed by atoms with Crippen LogP contribution in [0.25, 0.3) is 0 Å². The van der Waals surface area contributed by atoms with Crippen LogP contribution in [0, 0.1) is 30.3 Å². The van der Waals surface area contributed by atoms with Crippen molar-refractivity contribution in [1.82, 2.24) is 5.43 Å². The van der Waals surface area contributed by atoms with E-state index in [0.717, 1.165) is 24.3 Å². The molecule has 14 heteroatoms. The summed E-state index contributed by atoms with van der Waals surface area (Å²) in [6.07, 6.45) is 1.29. The van der Waals surface area contributed by atoms with E-state index in [9.17, 15) is 35.1 Å². The molecule has 0 unspecified atom stereocenters. The number of carbonyl (C=O) groups excluding carboxylic acids is 1. The zero-order valence-corrected chi connectivity index (χ0v) is 17.8. The van der Waals surface area contributed by atoms with Crippen LogP contribution in [0.4, 0.5) is 17.1 Å². The first-order valence-corrected chi connectivity index (χ1v) is 9.56. The van der Waals surface area contributed by atoms with Crippen LogP contribution in [0.1, 0.15) is 15.9 Å². The molecule has 0 heterocycles. The number of non-ortho nitro benzene ring substituents is 2. The number of hydrogen-bond acceptors (Lipinski definition) is 10. The average Bonchev–Trinajstić information content (AvgIpc) is 2.84. The number of nitro benzene ring substituents is 3. The molecule has 0 aliphatic carbocycles. The monoisotopic (exact) mass is 481 g/mol. The highest BCUT2D eigenvalue weighted by Crippen LogP contribution is 2.34. The van der Waals surface area contributed by atoms with Gasteiger partial charge in [0, 0.05) is 18.2 Å². The summed E-state index contributed by atoms with van der Waals surface area (Å²) in [4.78, 5) is 43.2. The van der Waals surface area contributed by atoms with Crippen LogP contribution in [0.2, 0.25) is 0 Å². The zero-order chi connectivity index (χ0) is 25.5. The number of benzene rings is 3. The van der Waals surface area contributed by atoms with E-state index in [-0.39, 0.29) is 28.5 Å². The third-order valence-corrected chi connectivity index (χ3v) is 4.48. The van der Waals surface area contributed by atoms with Gasteiger partial charge in [-0.1, -0.05) is 0 Å². The van der Waals surface area contributed by atoms with Crippen LogP contribution in [0.15, 0.2) is 65.8 Å². The molecular formula is C21H15N5O9. The second-order valence-electron chi connectivity index (χ2n) is 6.68. The third kappa shape index (κ3) is 5.89. The van der Waals surface area contributed by atoms with Crippen LogP contribution < -0.4 is 14.9 Å². The van der Waals surface area contributed by atoms with E-state index < -0.39 is 32.1 Å². The highest BCUT2D eigenvalue weighted by molar-refractivity contribution is 5.98. The molecule has 0 radical (unpaired) electrons. The third-order valence-electron chi connectivity index (χ3n) is 4.48. The largest absolute Gasteiger partial charge is 0.496 e. The standard InChI is InChI=1S/C21H15N5O9/c1-34-19-8-4-14(24(28)29)10-17(19)21(27)23-22-12-13-2-6-16(7-3-13)35-20-9-5-15(25(30)31)11-18(20)26(32)33/h2-12H,1H3,(H,23,27). The van der Waals surface area contributed by atoms with Gasteiger partial charge in [0.1, 0.15) is 11.5 Å². The van der Waals surface area contributed by atoms with Crippen LogP contribution in [0.5, 0.6) is 17.2 Å². The van der Waals surface area contributed by atoms with E-state index in [1.165, 1.54) is 49.7 Å². The Bertz CT molecular complexity index is 1340. The van der Waals surface area contributed by atoms with E-state index in [2.05, 4.69) is 10.5 Å². The molecule has 178 valence electrons. The molecule has 0 atom stereocenters. The van der Waals surface area contributed by atoms with Crippen molar-refractivity contribution in [3.05, 3.63) is 102 Å². The number of rotatable bonds is 9. The Morgan fingerprint density at radius 2 is 1.46 bits per heavy atom. The van der Waals surface area contributed by atoms with Crippen LogP contribution in [0.3, 0.4) is 0 Å². The lowest BCUT2D eigenvalue weighted by Crippen LogP contribution is -2.18. The predicted octanol–water partition coefficient (Wildman–Crippen LogP) is 3.98. The number of nitrogens with zero attached hydrogens (tertiary/aromatic N) is 4. The predicted molar refractivity (Wildman–Crippen MR) is 121 cm³/mol. The molecule has 0 spiro atoms. The fourth-order valence-corrected chi connectivity index (χ4v) is 2.81. The van der Waals surface area contributed by atoms with Gasteiger partial charge in [0.2, 0.25) is 5.75 Å². The number of methoxy groups -OCH3 is 1. The quantitative estimate of drug-likeness (QED) is 0.268. The van der Waals surface area contributed by atoms with Crippen LogP contribution >= 0.6 is 0 Å². The number of carbonyl (C=O) groups is 1. The highest BCUT2D eigenvalue weighted by atomic mass is 16.6. The molecule has 3 aromatic carbocycles. The Hall–Kier alpha value is -5.40. The Labute approximate surface area is 195 Å². The van der Waals surface area contributed by atoms with Crippen molar-refractivity contribution in [2.45, 2.75) is 0 Å². The maximum Gasteiger partial charge on any atom is 0.318 e. The molecule has 14 nitrogen and oxygen atoms in total. The highest BCUT2D eigenvalue weighted by Gasteiger charge is 2.21. The van der Waals surface area contributed by atoms with Gasteiger partial charge < -0.3 is 9.47 Å². The maximum absolute atomic E-state index is 12.4. The number of hydrogen-bond donors (Lipinski definition) is 1.